The number of esters is 1. The van der Waals surface area contributed by atoms with Crippen molar-refractivity contribution in [1.29, 1.82) is 0 Å². The van der Waals surface area contributed by atoms with Crippen molar-refractivity contribution in [1.82, 2.24) is 10.2 Å². The van der Waals surface area contributed by atoms with Gasteiger partial charge in [-0.25, -0.2) is 9.18 Å². The lowest BCUT2D eigenvalue weighted by molar-refractivity contribution is -0.140. The van der Waals surface area contributed by atoms with E-state index in [0.29, 0.717) is 36.2 Å². The van der Waals surface area contributed by atoms with Crippen LogP contribution in [0, 0.1) is 5.82 Å². The highest BCUT2D eigenvalue weighted by Gasteiger charge is 2.33. The highest BCUT2D eigenvalue weighted by atomic mass is 19.1. The van der Waals surface area contributed by atoms with Gasteiger partial charge in [-0.05, 0) is 30.5 Å². The average molecular weight is 388 g/mol. The molecule has 1 atom stereocenters. The minimum atomic E-state index is -0.848. The van der Waals surface area contributed by atoms with Gasteiger partial charge in [-0.1, -0.05) is 18.2 Å². The van der Waals surface area contributed by atoms with Gasteiger partial charge in [0.05, 0.1) is 5.57 Å². The van der Waals surface area contributed by atoms with Crippen LogP contribution in [0.1, 0.15) is 31.4 Å². The van der Waals surface area contributed by atoms with E-state index in [1.54, 1.807) is 25.1 Å². The summed E-state index contributed by atoms with van der Waals surface area (Å²) in [4.78, 5) is 36.4. The Morgan fingerprint density at radius 2 is 2.14 bits per heavy atom. The van der Waals surface area contributed by atoms with Crippen LogP contribution >= 0.6 is 0 Å². The third-order valence-corrected chi connectivity index (χ3v) is 4.85. The number of aliphatic hydroxyl groups is 1. The summed E-state index contributed by atoms with van der Waals surface area (Å²) >= 11 is 0. The van der Waals surface area contributed by atoms with E-state index in [0.717, 1.165) is 5.57 Å². The van der Waals surface area contributed by atoms with Crippen LogP contribution in [0.4, 0.5) is 4.39 Å². The van der Waals surface area contributed by atoms with Crippen molar-refractivity contribution in [3.8, 4) is 0 Å². The molecule has 2 heterocycles. The molecule has 2 aliphatic rings. The fraction of sp³-hybridized carbons (Fsp3) is 0.350. The number of nitrogens with zero attached hydrogens (tertiary/aromatic N) is 1. The summed E-state index contributed by atoms with van der Waals surface area (Å²) in [7, 11) is 0. The van der Waals surface area contributed by atoms with Gasteiger partial charge in [0, 0.05) is 31.1 Å². The topological polar surface area (TPSA) is 95.9 Å². The number of halogens is 1. The molecule has 0 saturated heterocycles. The molecule has 148 valence electrons. The smallest absolute Gasteiger partial charge is 0.341 e. The number of rotatable bonds is 4. The number of hydrogen-bond donors (Lipinski definition) is 2. The Labute approximate surface area is 161 Å². The Bertz CT molecular complexity index is 906. The van der Waals surface area contributed by atoms with Crippen molar-refractivity contribution in [3.05, 3.63) is 46.8 Å². The predicted molar refractivity (Wildman–Crippen MR) is 99.0 cm³/mol. The van der Waals surface area contributed by atoms with Crippen LogP contribution in [0.25, 0.3) is 11.1 Å². The molecule has 0 radical (unpaired) electrons. The average Bonchev–Trinajstić information content (AvgIpc) is 2.94. The van der Waals surface area contributed by atoms with Gasteiger partial charge >= 0.3 is 5.97 Å². The molecule has 7 nitrogen and oxygen atoms in total. The van der Waals surface area contributed by atoms with Crippen LogP contribution in [0.3, 0.4) is 0 Å². The Kier molecular flexibility index (Phi) is 5.60. The molecule has 8 heteroatoms. The molecule has 28 heavy (non-hydrogen) atoms. The molecule has 3 rings (SSSR count). The number of ether oxygens (including phenoxy) is 1. The largest absolute Gasteiger partial charge is 0.434 e. The molecule has 0 bridgehead atoms. The summed E-state index contributed by atoms with van der Waals surface area (Å²) < 4.78 is 19.9. The Morgan fingerprint density at radius 1 is 1.39 bits per heavy atom. The number of amides is 2. The van der Waals surface area contributed by atoms with Crippen LogP contribution < -0.4 is 5.32 Å². The summed E-state index contributed by atoms with van der Waals surface area (Å²) in [6.45, 7) is 3.15. The molecule has 0 fully saturated rings. The fourth-order valence-electron chi connectivity index (χ4n) is 3.39. The monoisotopic (exact) mass is 388 g/mol. The SMILES string of the molecule is CC(=O)N[C@@H]1OC(=O)C(c2ccc(C3=CCN(C(=O)CO)CC3)c(F)c2)=C1C. The zero-order valence-corrected chi connectivity index (χ0v) is 15.6. The molecular formula is C20H21FN2O5. The quantitative estimate of drug-likeness (QED) is 0.757. The number of aliphatic hydroxyl groups excluding tert-OH is 1. The molecule has 2 amide bonds. The molecule has 2 N–H and O–H groups in total. The lowest BCUT2D eigenvalue weighted by Crippen LogP contribution is -2.36. The Hall–Kier alpha value is -3.00. The van der Waals surface area contributed by atoms with Gasteiger partial charge in [-0.15, -0.1) is 0 Å². The van der Waals surface area contributed by atoms with Gasteiger partial charge in [0.2, 0.25) is 11.8 Å². The van der Waals surface area contributed by atoms with Crippen molar-refractivity contribution < 1.29 is 28.6 Å². The van der Waals surface area contributed by atoms with Gasteiger partial charge < -0.3 is 20.1 Å². The summed E-state index contributed by atoms with van der Waals surface area (Å²) in [6.07, 6.45) is 1.38. The van der Waals surface area contributed by atoms with Crippen molar-refractivity contribution >= 4 is 28.9 Å². The molecule has 0 aromatic heterocycles. The lowest BCUT2D eigenvalue weighted by Gasteiger charge is -2.26. The van der Waals surface area contributed by atoms with Crippen LogP contribution in [0.5, 0.6) is 0 Å². The van der Waals surface area contributed by atoms with E-state index in [1.165, 1.54) is 17.9 Å². The number of carbonyl (C=O) groups is 3. The van der Waals surface area contributed by atoms with E-state index in [1.807, 2.05) is 0 Å². The Balaban J connectivity index is 1.84. The van der Waals surface area contributed by atoms with Crippen molar-refractivity contribution in [2.24, 2.45) is 0 Å². The minimum absolute atomic E-state index is 0.238. The predicted octanol–water partition coefficient (Wildman–Crippen LogP) is 1.23. The van der Waals surface area contributed by atoms with E-state index < -0.39 is 24.6 Å². The van der Waals surface area contributed by atoms with Crippen LogP contribution in [0.15, 0.2) is 29.8 Å². The normalized spacial score (nSPS) is 19.4. The van der Waals surface area contributed by atoms with E-state index >= 15 is 0 Å². The first-order valence-corrected chi connectivity index (χ1v) is 8.88. The fourth-order valence-corrected chi connectivity index (χ4v) is 3.39. The lowest BCUT2D eigenvalue weighted by atomic mass is 9.95. The maximum atomic E-state index is 14.8. The molecular weight excluding hydrogens is 367 g/mol. The van der Waals surface area contributed by atoms with Gasteiger partial charge in [-0.2, -0.15) is 0 Å². The number of hydrogen-bond acceptors (Lipinski definition) is 5. The first-order valence-electron chi connectivity index (χ1n) is 8.88. The van der Waals surface area contributed by atoms with Crippen LogP contribution in [-0.4, -0.2) is 53.7 Å². The standard InChI is InChI=1S/C20H21FN2O5/c1-11-18(20(27)28-19(11)22-12(2)25)14-3-4-15(16(21)9-14)13-5-7-23(8-6-13)17(26)10-24/h3-5,9,19,24H,6-8,10H2,1-2H3,(H,22,25)/t19-/m1/s1. The number of carbonyl (C=O) groups excluding carboxylic acids is 3. The van der Waals surface area contributed by atoms with Crippen molar-refractivity contribution in [2.75, 3.05) is 19.7 Å². The maximum Gasteiger partial charge on any atom is 0.341 e. The first kappa shape index (κ1) is 19.8. The second-order valence-corrected chi connectivity index (χ2v) is 6.72. The summed E-state index contributed by atoms with van der Waals surface area (Å²) in [5.74, 6) is -1.79. The van der Waals surface area contributed by atoms with E-state index in [4.69, 9.17) is 9.84 Å². The van der Waals surface area contributed by atoms with E-state index in [-0.39, 0.29) is 17.4 Å². The number of nitrogens with one attached hydrogen (secondary N) is 1. The second-order valence-electron chi connectivity index (χ2n) is 6.72. The third kappa shape index (κ3) is 3.82. The molecule has 0 spiro atoms. The van der Waals surface area contributed by atoms with Crippen LogP contribution in [-0.2, 0) is 19.1 Å². The zero-order valence-electron chi connectivity index (χ0n) is 15.6. The van der Waals surface area contributed by atoms with Crippen molar-refractivity contribution in [3.63, 3.8) is 0 Å². The maximum absolute atomic E-state index is 14.8. The molecule has 0 unspecified atom stereocenters. The first-order chi connectivity index (χ1) is 13.3. The molecule has 2 aliphatic heterocycles. The molecule has 0 saturated carbocycles. The number of cyclic esters (lactones) is 1. The summed E-state index contributed by atoms with van der Waals surface area (Å²) in [6, 6.07) is 4.51. The Morgan fingerprint density at radius 3 is 2.71 bits per heavy atom. The second kappa shape index (κ2) is 7.93. The highest BCUT2D eigenvalue weighted by molar-refractivity contribution is 6.19. The zero-order chi connectivity index (χ0) is 20.4. The molecule has 1 aromatic carbocycles. The van der Waals surface area contributed by atoms with Gasteiger partial charge in [-0.3, -0.25) is 9.59 Å². The molecule has 0 aliphatic carbocycles. The van der Waals surface area contributed by atoms with Gasteiger partial charge in [0.1, 0.15) is 12.4 Å². The van der Waals surface area contributed by atoms with Gasteiger partial charge in [0.25, 0.3) is 0 Å². The van der Waals surface area contributed by atoms with E-state index in [9.17, 15) is 18.8 Å². The third-order valence-electron chi connectivity index (χ3n) is 4.85. The van der Waals surface area contributed by atoms with Crippen molar-refractivity contribution in [2.45, 2.75) is 26.5 Å². The van der Waals surface area contributed by atoms with E-state index in [2.05, 4.69) is 5.32 Å². The summed E-state index contributed by atoms with van der Waals surface area (Å²) in [5, 5.41) is 11.4. The number of benzene rings is 1. The highest BCUT2D eigenvalue weighted by Crippen LogP contribution is 2.32. The van der Waals surface area contributed by atoms with Crippen LogP contribution in [0.2, 0.25) is 0 Å². The summed E-state index contributed by atoms with van der Waals surface area (Å²) in [5.41, 5.74) is 2.30. The van der Waals surface area contributed by atoms with Gasteiger partial charge in [0.15, 0.2) is 6.23 Å². The minimum Gasteiger partial charge on any atom is -0.434 e. The molecule has 1 aromatic rings.